The second kappa shape index (κ2) is 12.0. The Morgan fingerprint density at radius 2 is 1.81 bits per heavy atom. The monoisotopic (exact) mass is 402 g/mol. The van der Waals surface area contributed by atoms with Crippen LogP contribution in [0.4, 0.5) is 0 Å². The van der Waals surface area contributed by atoms with E-state index in [9.17, 15) is 4.79 Å². The minimum Gasteiger partial charge on any atom is -0.472 e. The topological polar surface area (TPSA) is 60.0 Å². The van der Waals surface area contributed by atoms with Crippen molar-refractivity contribution >= 4 is 32.0 Å². The van der Waals surface area contributed by atoms with Crippen LogP contribution in [0.2, 0.25) is 6.04 Å². The number of carbonyl (C=O) groups excluding carboxylic acids is 1. The van der Waals surface area contributed by atoms with E-state index in [1.165, 1.54) is 38.5 Å². The molecule has 8 heteroatoms. The Bertz CT molecular complexity index is 443. The zero-order valence-corrected chi connectivity index (χ0v) is 17.9. The molecule has 0 aromatic carbocycles. The van der Waals surface area contributed by atoms with Gasteiger partial charge in [-0.05, 0) is 19.3 Å². The minimum absolute atomic E-state index is 0.222. The molecule has 2 bridgehead atoms. The van der Waals surface area contributed by atoms with Crippen LogP contribution in [0.25, 0.3) is 0 Å². The normalized spacial score (nSPS) is 25.9. The van der Waals surface area contributed by atoms with E-state index in [0.717, 1.165) is 37.5 Å². The van der Waals surface area contributed by atoms with Crippen molar-refractivity contribution in [1.82, 2.24) is 10.2 Å². The molecule has 0 spiro atoms. The Labute approximate surface area is 164 Å². The van der Waals surface area contributed by atoms with Gasteiger partial charge in [0.25, 0.3) is 0 Å². The molecular weight excluding hydrogens is 368 g/mol. The first-order chi connectivity index (χ1) is 12.6. The molecule has 1 N–H and O–H groups in total. The number of rotatable bonds is 11. The van der Waals surface area contributed by atoms with Crippen LogP contribution in [-0.2, 0) is 18.1 Å². The molecule has 0 aromatic heterocycles. The van der Waals surface area contributed by atoms with E-state index in [-0.39, 0.29) is 5.97 Å². The maximum Gasteiger partial charge on any atom is 0.568 e. The molecule has 0 amide bonds. The summed E-state index contributed by atoms with van der Waals surface area (Å²) in [7, 11) is -2.88. The summed E-state index contributed by atoms with van der Waals surface area (Å²) in [5, 5.41) is 3.35. The van der Waals surface area contributed by atoms with Crippen LogP contribution in [0.5, 0.6) is 0 Å². The van der Waals surface area contributed by atoms with Crippen molar-refractivity contribution in [3.05, 3.63) is 0 Å². The number of fused-ring (bicyclic) bond motifs is 6. The molecule has 3 heterocycles. The molecule has 0 atom stereocenters. The first-order valence-corrected chi connectivity index (χ1v) is 12.5. The van der Waals surface area contributed by atoms with Gasteiger partial charge in [0, 0.05) is 25.7 Å². The lowest BCUT2D eigenvalue weighted by Gasteiger charge is -2.37. The zero-order chi connectivity index (χ0) is 18.7. The maximum absolute atomic E-state index is 12.0. The first-order valence-electron chi connectivity index (χ1n) is 10.1. The quantitative estimate of drug-likeness (QED) is 0.324. The number of thiocarbonyl (C=S) groups is 1. The van der Waals surface area contributed by atoms with E-state index >= 15 is 0 Å². The lowest BCUT2D eigenvalue weighted by molar-refractivity contribution is -0.145. The summed E-state index contributed by atoms with van der Waals surface area (Å²) >= 11 is 5.43. The standard InChI is InChI=1S/C18H34N2O4SSi/c1-2-3-4-5-6-7-10-19-17(25)9-8-15-26-22-13-11-20(12-14-23-26)16-18(21)24-26/h2-16H2,1H3,(H,19,25). The Balaban J connectivity index is 1.62. The van der Waals surface area contributed by atoms with Gasteiger partial charge in [0.1, 0.15) is 0 Å². The van der Waals surface area contributed by atoms with Crippen LogP contribution < -0.4 is 5.32 Å². The highest BCUT2D eigenvalue weighted by Crippen LogP contribution is 2.23. The van der Waals surface area contributed by atoms with Gasteiger partial charge in [0.2, 0.25) is 0 Å². The van der Waals surface area contributed by atoms with Crippen molar-refractivity contribution in [3.8, 4) is 0 Å². The number of hydrogen-bond acceptors (Lipinski definition) is 6. The van der Waals surface area contributed by atoms with E-state index in [1.807, 2.05) is 4.90 Å². The highest BCUT2D eigenvalue weighted by Gasteiger charge is 2.47. The summed E-state index contributed by atoms with van der Waals surface area (Å²) < 4.78 is 17.4. The third-order valence-electron chi connectivity index (χ3n) is 4.82. The molecule has 3 aliphatic rings. The van der Waals surface area contributed by atoms with E-state index < -0.39 is 8.80 Å². The predicted molar refractivity (Wildman–Crippen MR) is 108 cm³/mol. The fourth-order valence-corrected chi connectivity index (χ4v) is 5.97. The molecule has 3 aliphatic heterocycles. The van der Waals surface area contributed by atoms with Gasteiger partial charge in [-0.2, -0.15) is 0 Å². The van der Waals surface area contributed by atoms with Crippen LogP contribution in [0.3, 0.4) is 0 Å². The first kappa shape index (κ1) is 21.8. The zero-order valence-electron chi connectivity index (χ0n) is 16.1. The molecule has 0 saturated carbocycles. The van der Waals surface area contributed by atoms with Gasteiger partial charge in [-0.25, -0.2) is 0 Å². The second-order valence-corrected chi connectivity index (χ2v) is 10.2. The second-order valence-electron chi connectivity index (χ2n) is 7.10. The van der Waals surface area contributed by atoms with Crippen LogP contribution in [0.15, 0.2) is 0 Å². The Morgan fingerprint density at radius 3 is 2.54 bits per heavy atom. The molecule has 0 aliphatic carbocycles. The molecule has 0 aromatic rings. The lowest BCUT2D eigenvalue weighted by atomic mass is 10.1. The van der Waals surface area contributed by atoms with Gasteiger partial charge in [0.15, 0.2) is 0 Å². The minimum atomic E-state index is -2.88. The van der Waals surface area contributed by atoms with Gasteiger partial charge in [-0.1, -0.05) is 51.2 Å². The highest BCUT2D eigenvalue weighted by atomic mass is 32.1. The number of hydrogen-bond donors (Lipinski definition) is 1. The van der Waals surface area contributed by atoms with E-state index in [2.05, 4.69) is 12.2 Å². The Morgan fingerprint density at radius 1 is 1.12 bits per heavy atom. The van der Waals surface area contributed by atoms with Crippen molar-refractivity contribution in [3.63, 3.8) is 0 Å². The molecule has 26 heavy (non-hydrogen) atoms. The average Bonchev–Trinajstić information content (AvgIpc) is 2.56. The third-order valence-corrected chi connectivity index (χ3v) is 7.96. The van der Waals surface area contributed by atoms with Crippen LogP contribution in [-0.4, -0.2) is 64.1 Å². The van der Waals surface area contributed by atoms with Crippen LogP contribution in [0.1, 0.15) is 58.3 Å². The Kier molecular flexibility index (Phi) is 10.1. The molecule has 3 fully saturated rings. The van der Waals surface area contributed by atoms with E-state index in [0.29, 0.717) is 25.8 Å². The summed E-state index contributed by atoms with van der Waals surface area (Å²) in [6, 6.07) is 0.650. The summed E-state index contributed by atoms with van der Waals surface area (Å²) in [4.78, 5) is 14.9. The maximum atomic E-state index is 12.0. The van der Waals surface area contributed by atoms with Crippen molar-refractivity contribution in [2.24, 2.45) is 0 Å². The van der Waals surface area contributed by atoms with Gasteiger partial charge in [0.05, 0.1) is 24.7 Å². The van der Waals surface area contributed by atoms with Crippen LogP contribution >= 0.6 is 12.2 Å². The van der Waals surface area contributed by atoms with Gasteiger partial charge < -0.3 is 18.6 Å². The van der Waals surface area contributed by atoms with E-state index in [4.69, 9.17) is 25.5 Å². The summed E-state index contributed by atoms with van der Waals surface area (Å²) in [6.45, 7) is 6.21. The molecule has 150 valence electrons. The summed E-state index contributed by atoms with van der Waals surface area (Å²) in [6.07, 6.45) is 9.32. The Hall–Kier alpha value is -0.543. The molecule has 3 rings (SSSR count). The van der Waals surface area contributed by atoms with Crippen molar-refractivity contribution < 1.29 is 18.1 Å². The average molecular weight is 403 g/mol. The summed E-state index contributed by atoms with van der Waals surface area (Å²) in [5.41, 5.74) is 0. The highest BCUT2D eigenvalue weighted by molar-refractivity contribution is 7.80. The van der Waals surface area contributed by atoms with Crippen molar-refractivity contribution in [1.29, 1.82) is 0 Å². The number of nitrogens with zero attached hydrogens (tertiary/aromatic N) is 1. The van der Waals surface area contributed by atoms with Crippen molar-refractivity contribution in [2.45, 2.75) is 64.3 Å². The third kappa shape index (κ3) is 8.00. The van der Waals surface area contributed by atoms with Gasteiger partial charge in [-0.15, -0.1) is 0 Å². The van der Waals surface area contributed by atoms with Crippen molar-refractivity contribution in [2.75, 3.05) is 39.4 Å². The molecule has 0 radical (unpaired) electrons. The van der Waals surface area contributed by atoms with Gasteiger partial charge in [-0.3, -0.25) is 9.69 Å². The number of carbonyl (C=O) groups is 1. The molecular formula is C18H34N2O4SSi. The smallest absolute Gasteiger partial charge is 0.472 e. The predicted octanol–water partition coefficient (Wildman–Crippen LogP) is 2.89. The molecule has 0 unspecified atom stereocenters. The SMILES string of the molecule is CCCCCCCCNC(=S)CCC[Si]12OCCN(CCO1)CC(=O)O2. The van der Waals surface area contributed by atoms with Gasteiger partial charge >= 0.3 is 14.8 Å². The number of nitrogens with one attached hydrogen (secondary N) is 1. The summed E-state index contributed by atoms with van der Waals surface area (Å²) in [5.74, 6) is -0.222. The molecule has 6 nitrogen and oxygen atoms in total. The van der Waals surface area contributed by atoms with Crippen LogP contribution in [0, 0.1) is 0 Å². The fourth-order valence-electron chi connectivity index (χ4n) is 3.30. The molecule has 3 saturated heterocycles. The lowest BCUT2D eigenvalue weighted by Crippen LogP contribution is -2.56. The largest absolute Gasteiger partial charge is 0.568 e. The number of unbranched alkanes of at least 4 members (excludes halogenated alkanes) is 5. The fraction of sp³-hybridized carbons (Fsp3) is 0.889. The van der Waals surface area contributed by atoms with E-state index in [1.54, 1.807) is 0 Å².